The van der Waals surface area contributed by atoms with Gasteiger partial charge in [-0.05, 0) is 12.1 Å². The predicted octanol–water partition coefficient (Wildman–Crippen LogP) is -3.51. The van der Waals surface area contributed by atoms with Gasteiger partial charge < -0.3 is 5.11 Å². The van der Waals surface area contributed by atoms with E-state index in [0.717, 1.165) is 0 Å². The Kier molecular flexibility index (Phi) is 6.20. The van der Waals surface area contributed by atoms with E-state index < -0.39 is 15.9 Å². The van der Waals surface area contributed by atoms with Crippen LogP contribution in [0.25, 0.3) is 0 Å². The van der Waals surface area contributed by atoms with Gasteiger partial charge in [-0.1, -0.05) is 19.1 Å². The van der Waals surface area contributed by atoms with Gasteiger partial charge in [-0.25, -0.2) is 13.1 Å². The van der Waals surface area contributed by atoms with E-state index in [0.29, 0.717) is 0 Å². The van der Waals surface area contributed by atoms with Gasteiger partial charge in [-0.2, -0.15) is 0 Å². The van der Waals surface area contributed by atoms with Crippen molar-refractivity contribution >= 4 is 15.9 Å². The fourth-order valence-electron chi connectivity index (χ4n) is 1.12. The average molecular weight is 251 g/mol. The number of rotatable bonds is 0. The molecule has 2 rings (SSSR count). The summed E-state index contributed by atoms with van der Waals surface area (Å²) < 4.78 is 24.2. The van der Waals surface area contributed by atoms with E-state index in [1.807, 2.05) is 4.72 Å². The molecule has 0 aromatic heterocycles. The van der Waals surface area contributed by atoms with Crippen LogP contribution in [0.2, 0.25) is 0 Å². The number of fused-ring (bicyclic) bond motifs is 1. The molecule has 0 aliphatic carbocycles. The van der Waals surface area contributed by atoms with Crippen molar-refractivity contribution in [2.75, 3.05) is 6.61 Å². The number of sulfonamides is 1. The van der Waals surface area contributed by atoms with Crippen molar-refractivity contribution in [1.82, 2.24) is 4.72 Å². The Morgan fingerprint density at radius 1 is 1.31 bits per heavy atom. The van der Waals surface area contributed by atoms with E-state index in [4.69, 9.17) is 5.11 Å². The Labute approximate surface area is 116 Å². The molecule has 1 aliphatic rings. The van der Waals surface area contributed by atoms with Gasteiger partial charge in [0.2, 0.25) is 0 Å². The molecule has 0 radical (unpaired) electrons. The second-order valence-corrected chi connectivity index (χ2v) is 4.37. The van der Waals surface area contributed by atoms with Crippen molar-refractivity contribution in [2.24, 2.45) is 0 Å². The summed E-state index contributed by atoms with van der Waals surface area (Å²) >= 11 is 0. The third kappa shape index (κ3) is 3.29. The molecule has 0 fully saturated rings. The summed E-state index contributed by atoms with van der Waals surface area (Å²) in [5.41, 5.74) is 0.220. The van der Waals surface area contributed by atoms with Crippen LogP contribution in [0.15, 0.2) is 29.2 Å². The van der Waals surface area contributed by atoms with Crippen molar-refractivity contribution in [1.29, 1.82) is 0 Å². The number of benzene rings is 1. The van der Waals surface area contributed by atoms with Gasteiger partial charge in [-0.3, -0.25) is 4.79 Å². The summed E-state index contributed by atoms with van der Waals surface area (Å²) in [6, 6.07) is 6.09. The fourth-order valence-corrected chi connectivity index (χ4v) is 2.29. The van der Waals surface area contributed by atoms with Gasteiger partial charge in [-0.15, -0.1) is 6.61 Å². The zero-order valence-corrected chi connectivity index (χ0v) is 11.9. The molecule has 0 saturated heterocycles. The first kappa shape index (κ1) is 15.6. The minimum absolute atomic E-state index is 0. The Morgan fingerprint density at radius 3 is 2.31 bits per heavy atom. The van der Waals surface area contributed by atoms with Crippen LogP contribution in [0.3, 0.4) is 0 Å². The largest absolute Gasteiger partial charge is 1.00 e. The molecule has 1 aliphatic heterocycles. The predicted molar refractivity (Wildman–Crippen MR) is 51.6 cm³/mol. The van der Waals surface area contributed by atoms with Crippen molar-refractivity contribution in [2.45, 2.75) is 11.8 Å². The second kappa shape index (κ2) is 6.36. The van der Waals surface area contributed by atoms with E-state index in [9.17, 15) is 13.2 Å². The summed E-state index contributed by atoms with van der Waals surface area (Å²) in [7, 11) is -3.55. The molecule has 1 aromatic rings. The van der Waals surface area contributed by atoms with Crippen LogP contribution in [0, 0.1) is 0 Å². The molecule has 0 saturated carbocycles. The third-order valence-corrected chi connectivity index (χ3v) is 3.04. The van der Waals surface area contributed by atoms with Gasteiger partial charge in [0.15, 0.2) is 0 Å². The van der Waals surface area contributed by atoms with Crippen LogP contribution in [0.5, 0.6) is 0 Å². The molecule has 1 N–H and O–H groups in total. The minimum Gasteiger partial charge on any atom is -0.855 e. The topological polar surface area (TPSA) is 86.3 Å². The maximum absolute atomic E-state index is 11.1. The van der Waals surface area contributed by atoms with Gasteiger partial charge in [0.05, 0.1) is 5.56 Å². The monoisotopic (exact) mass is 251 g/mol. The van der Waals surface area contributed by atoms with Crippen LogP contribution in [-0.4, -0.2) is 20.9 Å². The molecular weight excluding hydrogens is 241 g/mol. The maximum atomic E-state index is 11.1. The van der Waals surface area contributed by atoms with Crippen LogP contribution in [-0.2, 0) is 10.0 Å². The first-order chi connectivity index (χ1) is 7.03. The van der Waals surface area contributed by atoms with Crippen LogP contribution in [0.1, 0.15) is 17.3 Å². The third-order valence-electron chi connectivity index (χ3n) is 1.65. The van der Waals surface area contributed by atoms with Crippen molar-refractivity contribution in [3.05, 3.63) is 29.8 Å². The molecule has 0 spiro atoms. The van der Waals surface area contributed by atoms with Crippen LogP contribution >= 0.6 is 0 Å². The summed E-state index contributed by atoms with van der Waals surface area (Å²) in [5.74, 6) is -0.550. The van der Waals surface area contributed by atoms with E-state index in [1.54, 1.807) is 19.1 Å². The first-order valence-electron chi connectivity index (χ1n) is 4.27. The van der Waals surface area contributed by atoms with Crippen molar-refractivity contribution in [3.8, 4) is 0 Å². The Balaban J connectivity index is 0.000000511. The molecule has 82 valence electrons. The molecule has 16 heavy (non-hydrogen) atoms. The molecule has 5 nitrogen and oxygen atoms in total. The molecule has 0 unspecified atom stereocenters. The summed E-state index contributed by atoms with van der Waals surface area (Å²) in [4.78, 5) is 11.1. The Morgan fingerprint density at radius 2 is 1.81 bits per heavy atom. The van der Waals surface area contributed by atoms with E-state index in [1.165, 1.54) is 12.1 Å². The van der Waals surface area contributed by atoms with Gasteiger partial charge in [0.25, 0.3) is 15.9 Å². The van der Waals surface area contributed by atoms with Crippen LogP contribution < -0.4 is 39.4 Å². The SMILES string of the molecule is CC[O-].O=C1NS(=O)(=O)c2ccccc21.[Na+]. The smallest absolute Gasteiger partial charge is 0.855 e. The maximum Gasteiger partial charge on any atom is 1.00 e. The Bertz CT molecular complexity index is 472. The molecule has 1 heterocycles. The molecular formula is C9H10NNaO4S. The number of carbonyl (C=O) groups excluding carboxylic acids is 1. The summed E-state index contributed by atoms with van der Waals surface area (Å²) in [6.45, 7) is 1.57. The van der Waals surface area contributed by atoms with E-state index >= 15 is 0 Å². The number of amides is 1. The van der Waals surface area contributed by atoms with Crippen LogP contribution in [0.4, 0.5) is 0 Å². The summed E-state index contributed by atoms with van der Waals surface area (Å²) in [5, 5.41) is 8.93. The zero-order chi connectivity index (χ0) is 11.5. The van der Waals surface area contributed by atoms with Gasteiger partial charge >= 0.3 is 29.6 Å². The Hall–Kier alpha value is -0.400. The van der Waals surface area contributed by atoms with Gasteiger partial charge in [0, 0.05) is 0 Å². The minimum atomic E-state index is -3.55. The van der Waals surface area contributed by atoms with Gasteiger partial charge in [0.1, 0.15) is 4.90 Å². The number of carbonyl (C=O) groups is 1. The number of hydrogen-bond donors (Lipinski definition) is 1. The number of hydrogen-bond acceptors (Lipinski definition) is 4. The van der Waals surface area contributed by atoms with Crippen molar-refractivity contribution < 1.29 is 47.9 Å². The quantitative estimate of drug-likeness (QED) is 0.484. The second-order valence-electron chi connectivity index (χ2n) is 2.72. The first-order valence-corrected chi connectivity index (χ1v) is 5.75. The van der Waals surface area contributed by atoms with Crippen molar-refractivity contribution in [3.63, 3.8) is 0 Å². The summed E-state index contributed by atoms with van der Waals surface area (Å²) in [6.07, 6.45) is 0. The normalized spacial score (nSPS) is 15.0. The fraction of sp³-hybridized carbons (Fsp3) is 0.222. The van der Waals surface area contributed by atoms with E-state index in [-0.39, 0.29) is 46.6 Å². The molecule has 7 heteroatoms. The zero-order valence-electron chi connectivity index (χ0n) is 9.06. The molecule has 0 bridgehead atoms. The average Bonchev–Trinajstić information content (AvgIpc) is 2.40. The molecule has 1 amide bonds. The molecule has 0 atom stereocenters. The standard InChI is InChI=1S/C7H5NO3S.C2H5O.Na/c9-7-5-3-1-2-4-6(5)12(10,11)8-7;1-2-3;/h1-4H,(H,8,9);2H2,1H3;/q;-1;+1. The molecule has 1 aromatic carbocycles. The van der Waals surface area contributed by atoms with E-state index in [2.05, 4.69) is 0 Å². The number of nitrogens with one attached hydrogen (secondary N) is 1.